The molecule has 0 fully saturated rings. The fourth-order valence-corrected chi connectivity index (χ4v) is 19.2. The molecule has 0 bridgehead atoms. The molecular weight excluding hydrogens is 1270 g/mol. The quantitative estimate of drug-likeness (QED) is 0.0844. The molecule has 12 rings (SSSR count). The van der Waals surface area contributed by atoms with E-state index in [0.29, 0.717) is 5.95 Å². The molecule has 11 heteroatoms. The fourth-order valence-electron chi connectivity index (χ4n) is 10.1. The van der Waals surface area contributed by atoms with E-state index in [0.717, 1.165) is 65.1 Å². The molecule has 0 N–H and O–H groups in total. The zero-order chi connectivity index (χ0) is 46.0. The van der Waals surface area contributed by atoms with Gasteiger partial charge >= 0.3 is 42.1 Å². The normalized spacial score (nSPS) is 11.4. The van der Waals surface area contributed by atoms with Crippen LogP contribution in [0.15, 0.2) is 237 Å². The van der Waals surface area contributed by atoms with E-state index in [4.69, 9.17) is 9.97 Å². The Labute approximate surface area is 443 Å². The number of hydrogen-bond acceptors (Lipinski definition) is 6. The van der Waals surface area contributed by atoms with Crippen molar-refractivity contribution in [2.45, 2.75) is 0 Å². The molecule has 342 valence electrons. The van der Waals surface area contributed by atoms with Crippen LogP contribution in [0.25, 0.3) is 50.3 Å². The summed E-state index contributed by atoms with van der Waals surface area (Å²) in [7, 11) is -6.40. The van der Waals surface area contributed by atoms with Crippen molar-refractivity contribution in [1.82, 2.24) is 34.9 Å². The zero-order valence-corrected chi connectivity index (χ0v) is 44.3. The number of aromatic nitrogens is 7. The van der Waals surface area contributed by atoms with Gasteiger partial charge in [0.15, 0.2) is 6.33 Å². The Morgan fingerprint density at radius 3 is 1.07 bits per heavy atom. The molecule has 0 saturated carbocycles. The standard InChI is InChI=1S/C60H39N7Si2.2Pt/c1-5-21-46(22-6-1)68(47-23-7-2-8-24-47,50-29-17-19-44(39-50)56-31-13-15-37-61-56)52-33-35-54-55-36-34-53(42-59(55)67(58(54)41-52)60-65-63-43-64-66-60)69(48-25-9-3-10-26-48,49-27-11-4-12-28-49)51-30-18-20-45(40-51)57-32-14-16-38-62-57;;/h1-38,43H;;/q-4;2*+2. The van der Waals surface area contributed by atoms with Crippen molar-refractivity contribution in [3.63, 3.8) is 0 Å². The Hall–Kier alpha value is -7.39. The summed E-state index contributed by atoms with van der Waals surface area (Å²) >= 11 is 0. The summed E-state index contributed by atoms with van der Waals surface area (Å²) in [6.07, 6.45) is 5.02. The Morgan fingerprint density at radius 1 is 0.338 bits per heavy atom. The van der Waals surface area contributed by atoms with E-state index >= 15 is 0 Å². The smallest absolute Gasteiger partial charge is 0.326 e. The number of hydrogen-bond donors (Lipinski definition) is 0. The van der Waals surface area contributed by atoms with E-state index < -0.39 is 16.1 Å². The first-order valence-electron chi connectivity index (χ1n) is 22.8. The van der Waals surface area contributed by atoms with Gasteiger partial charge in [-0.1, -0.05) is 157 Å². The molecule has 0 spiro atoms. The molecule has 0 saturated heterocycles. The first-order chi connectivity index (χ1) is 34.2. The van der Waals surface area contributed by atoms with Gasteiger partial charge in [0.25, 0.3) is 5.95 Å². The third-order valence-electron chi connectivity index (χ3n) is 13.1. The second-order valence-electron chi connectivity index (χ2n) is 16.8. The summed E-state index contributed by atoms with van der Waals surface area (Å²) in [4.78, 5) is 9.49. The molecule has 0 aliphatic rings. The maximum Gasteiger partial charge on any atom is 2.00 e. The number of benzene rings is 8. The van der Waals surface area contributed by atoms with Crippen molar-refractivity contribution < 1.29 is 42.1 Å². The molecular formula is C60H39N7Pt2Si2. The molecule has 12 aromatic rings. The van der Waals surface area contributed by atoms with E-state index in [1.165, 1.54) is 27.1 Å². The van der Waals surface area contributed by atoms with Gasteiger partial charge < -0.3 is 14.5 Å². The van der Waals surface area contributed by atoms with E-state index in [1.54, 1.807) is 0 Å². The number of rotatable bonds is 11. The molecule has 4 aromatic heterocycles. The number of fused-ring (bicyclic) bond motifs is 3. The summed E-state index contributed by atoms with van der Waals surface area (Å²) in [6.45, 7) is 0. The molecule has 0 amide bonds. The average Bonchev–Trinajstić information content (AvgIpc) is 3.76. The SMILES string of the molecule is [Pt+2].[Pt+2].[c-]1c(-c2ccccn2)cccc1[Si](c1[c-]c2c(cc1)c1ccc([Si](c3[c-]c(-c4ccccn4)ccc3)(c3ccccc3)c3ccccc3)[c-]c1n2-c1nncnn1)(c1ccccc1)c1ccccc1. The minimum Gasteiger partial charge on any atom is -0.326 e. The average molecular weight is 1300 g/mol. The Kier molecular flexibility index (Phi) is 13.7. The maximum absolute atomic E-state index is 4.74. The van der Waals surface area contributed by atoms with E-state index in [9.17, 15) is 0 Å². The third-order valence-corrected chi connectivity index (χ3v) is 22.3. The van der Waals surface area contributed by atoms with Crippen molar-refractivity contribution in [3.8, 4) is 28.5 Å². The predicted octanol–water partition coefficient (Wildman–Crippen LogP) is 6.44. The van der Waals surface area contributed by atoms with Gasteiger partial charge in [-0.05, 0) is 44.3 Å². The summed E-state index contributed by atoms with van der Waals surface area (Å²) in [6, 6.07) is 93.2. The van der Waals surface area contributed by atoms with Crippen LogP contribution >= 0.6 is 0 Å². The third kappa shape index (κ3) is 8.29. The summed E-state index contributed by atoms with van der Waals surface area (Å²) in [5, 5.41) is 28.8. The molecule has 0 atom stereocenters. The Balaban J connectivity index is 0.00000291. The predicted molar refractivity (Wildman–Crippen MR) is 281 cm³/mol. The van der Waals surface area contributed by atoms with E-state index in [-0.39, 0.29) is 42.1 Å². The molecule has 0 aliphatic heterocycles. The molecule has 4 heterocycles. The van der Waals surface area contributed by atoms with Gasteiger partial charge in [-0.15, -0.1) is 90.4 Å². The summed E-state index contributed by atoms with van der Waals surface area (Å²) in [5.41, 5.74) is 5.17. The molecule has 0 radical (unpaired) electrons. The van der Waals surface area contributed by atoms with Crippen molar-refractivity contribution in [2.24, 2.45) is 0 Å². The zero-order valence-electron chi connectivity index (χ0n) is 37.8. The van der Waals surface area contributed by atoms with Gasteiger partial charge in [0.05, 0.1) is 0 Å². The van der Waals surface area contributed by atoms with Gasteiger partial charge in [0, 0.05) is 12.4 Å². The first kappa shape index (κ1) is 47.3. The topological polar surface area (TPSA) is 82.3 Å². The van der Waals surface area contributed by atoms with Crippen LogP contribution in [-0.2, 0) is 42.1 Å². The van der Waals surface area contributed by atoms with Crippen molar-refractivity contribution in [3.05, 3.63) is 261 Å². The first-order valence-corrected chi connectivity index (χ1v) is 26.8. The maximum atomic E-state index is 4.74. The minimum atomic E-state index is -3.20. The van der Waals surface area contributed by atoms with Crippen LogP contribution in [0.4, 0.5) is 0 Å². The van der Waals surface area contributed by atoms with Gasteiger partial charge in [-0.3, -0.25) is 0 Å². The second kappa shape index (κ2) is 20.5. The molecule has 0 aliphatic carbocycles. The van der Waals surface area contributed by atoms with Crippen molar-refractivity contribution in [1.29, 1.82) is 0 Å². The van der Waals surface area contributed by atoms with Crippen LogP contribution in [0.3, 0.4) is 0 Å². The van der Waals surface area contributed by atoms with Crippen molar-refractivity contribution >= 4 is 79.4 Å². The largest absolute Gasteiger partial charge is 2.00 e. The van der Waals surface area contributed by atoms with E-state index in [2.05, 4.69) is 227 Å². The van der Waals surface area contributed by atoms with Gasteiger partial charge in [0.2, 0.25) is 0 Å². The fraction of sp³-hybridized carbons (Fsp3) is 0. The molecule has 7 nitrogen and oxygen atoms in total. The van der Waals surface area contributed by atoms with Crippen LogP contribution in [-0.4, -0.2) is 51.1 Å². The van der Waals surface area contributed by atoms with Crippen LogP contribution in [0, 0.1) is 24.3 Å². The van der Waals surface area contributed by atoms with Gasteiger partial charge in [-0.25, -0.2) is 0 Å². The monoisotopic (exact) mass is 1300 g/mol. The van der Waals surface area contributed by atoms with Crippen LogP contribution in [0.5, 0.6) is 0 Å². The van der Waals surface area contributed by atoms with Crippen LogP contribution < -0.4 is 41.5 Å². The number of nitrogens with zero attached hydrogens (tertiary/aromatic N) is 7. The summed E-state index contributed by atoms with van der Waals surface area (Å²) in [5.74, 6) is 0.324. The molecule has 8 aromatic carbocycles. The van der Waals surface area contributed by atoms with Crippen LogP contribution in [0.2, 0.25) is 0 Å². The Bertz CT molecular complexity index is 3420. The van der Waals surface area contributed by atoms with Crippen molar-refractivity contribution in [2.75, 3.05) is 0 Å². The second-order valence-corrected chi connectivity index (χ2v) is 24.3. The number of pyridine rings is 2. The van der Waals surface area contributed by atoms with E-state index in [1.807, 2.05) is 53.4 Å². The summed E-state index contributed by atoms with van der Waals surface area (Å²) < 4.78 is 2.05. The molecule has 71 heavy (non-hydrogen) atoms. The molecule has 0 unspecified atom stereocenters. The van der Waals surface area contributed by atoms with Crippen LogP contribution in [0.1, 0.15) is 0 Å². The van der Waals surface area contributed by atoms with Gasteiger partial charge in [0.1, 0.15) is 16.1 Å². The minimum absolute atomic E-state index is 0. The van der Waals surface area contributed by atoms with Gasteiger partial charge in [-0.2, -0.15) is 57.5 Å². The Morgan fingerprint density at radius 2 is 0.704 bits per heavy atom.